The van der Waals surface area contributed by atoms with Gasteiger partial charge in [-0.15, -0.1) is 0 Å². The molecule has 0 fully saturated rings. The average Bonchev–Trinajstić information content (AvgIpc) is 1.60. The van der Waals surface area contributed by atoms with Crippen molar-refractivity contribution in [3.8, 4) is 0 Å². The number of alkyl halides is 3. The van der Waals surface area contributed by atoms with E-state index in [-0.39, 0.29) is 0 Å². The van der Waals surface area contributed by atoms with Crippen molar-refractivity contribution >= 4 is 0 Å². The standard InChI is InChI=1S/C5H11F3N2/c1-4(6)5(7,8)9-10(2)3/h4,9H,1-3H3. The third-order valence-electron chi connectivity index (χ3n) is 0.872. The van der Waals surface area contributed by atoms with Crippen LogP contribution in [0.4, 0.5) is 13.2 Å². The van der Waals surface area contributed by atoms with Gasteiger partial charge in [0.1, 0.15) is 0 Å². The Morgan fingerprint density at radius 3 is 1.90 bits per heavy atom. The van der Waals surface area contributed by atoms with Crippen LogP contribution in [-0.2, 0) is 0 Å². The molecule has 62 valence electrons. The van der Waals surface area contributed by atoms with E-state index in [0.717, 1.165) is 11.9 Å². The number of nitrogens with one attached hydrogen (secondary N) is 1. The number of hydrazine groups is 1. The van der Waals surface area contributed by atoms with Crippen molar-refractivity contribution < 1.29 is 13.2 Å². The quantitative estimate of drug-likeness (QED) is 0.484. The van der Waals surface area contributed by atoms with E-state index in [1.807, 2.05) is 0 Å². The minimum absolute atomic E-state index is 0.802. The summed E-state index contributed by atoms with van der Waals surface area (Å²) in [6.45, 7) is 0.802. The third kappa shape index (κ3) is 3.03. The SMILES string of the molecule is CC(F)C(F)(F)NN(C)C. The first kappa shape index (κ1) is 9.71. The van der Waals surface area contributed by atoms with Gasteiger partial charge in [0.15, 0.2) is 6.17 Å². The Morgan fingerprint density at radius 1 is 1.40 bits per heavy atom. The van der Waals surface area contributed by atoms with Gasteiger partial charge in [-0.05, 0) is 6.92 Å². The van der Waals surface area contributed by atoms with Crippen LogP contribution in [-0.4, -0.2) is 31.3 Å². The highest BCUT2D eigenvalue weighted by Gasteiger charge is 2.36. The highest BCUT2D eigenvalue weighted by molar-refractivity contribution is 4.66. The van der Waals surface area contributed by atoms with Crippen LogP contribution in [0.1, 0.15) is 6.92 Å². The zero-order chi connectivity index (χ0) is 8.36. The first-order valence-corrected chi connectivity index (χ1v) is 2.83. The molecule has 1 N–H and O–H groups in total. The Morgan fingerprint density at radius 2 is 1.80 bits per heavy atom. The lowest BCUT2D eigenvalue weighted by molar-refractivity contribution is -0.131. The largest absolute Gasteiger partial charge is 0.345 e. The van der Waals surface area contributed by atoms with Crippen molar-refractivity contribution in [2.75, 3.05) is 14.1 Å². The topological polar surface area (TPSA) is 15.3 Å². The lowest BCUT2D eigenvalue weighted by atomic mass is 10.4. The van der Waals surface area contributed by atoms with Crippen LogP contribution in [0.2, 0.25) is 0 Å². The maximum absolute atomic E-state index is 12.3. The Hall–Kier alpha value is -0.290. The summed E-state index contributed by atoms with van der Waals surface area (Å²) in [4.78, 5) is 0. The maximum Gasteiger partial charge on any atom is 0.345 e. The van der Waals surface area contributed by atoms with Gasteiger partial charge in [-0.1, -0.05) is 0 Å². The van der Waals surface area contributed by atoms with E-state index in [1.165, 1.54) is 14.1 Å². The second-order valence-electron chi connectivity index (χ2n) is 2.25. The van der Waals surface area contributed by atoms with E-state index >= 15 is 0 Å². The Kier molecular flexibility index (Phi) is 3.11. The molecule has 0 heterocycles. The van der Waals surface area contributed by atoms with Crippen molar-refractivity contribution in [2.24, 2.45) is 0 Å². The predicted octanol–water partition coefficient (Wildman–Crippen LogP) is 1.00. The molecule has 1 atom stereocenters. The molecule has 5 heteroatoms. The summed E-state index contributed by atoms with van der Waals surface area (Å²) >= 11 is 0. The average molecular weight is 156 g/mol. The van der Waals surface area contributed by atoms with Gasteiger partial charge >= 0.3 is 6.05 Å². The fourth-order valence-electron chi connectivity index (χ4n) is 0.387. The van der Waals surface area contributed by atoms with E-state index in [4.69, 9.17) is 0 Å². The minimum atomic E-state index is -3.47. The summed E-state index contributed by atoms with van der Waals surface area (Å²) < 4.78 is 36.5. The summed E-state index contributed by atoms with van der Waals surface area (Å²) in [7, 11) is 2.74. The van der Waals surface area contributed by atoms with E-state index in [2.05, 4.69) is 0 Å². The van der Waals surface area contributed by atoms with E-state index < -0.39 is 12.2 Å². The van der Waals surface area contributed by atoms with Gasteiger partial charge in [-0.25, -0.2) is 9.40 Å². The zero-order valence-electron chi connectivity index (χ0n) is 6.16. The van der Waals surface area contributed by atoms with E-state index in [1.54, 1.807) is 5.43 Å². The molecule has 0 saturated carbocycles. The van der Waals surface area contributed by atoms with Crippen LogP contribution in [0.5, 0.6) is 0 Å². The first-order chi connectivity index (χ1) is 4.36. The molecular formula is C5H11F3N2. The number of halogens is 3. The van der Waals surface area contributed by atoms with Gasteiger partial charge in [0.25, 0.3) is 0 Å². The lowest BCUT2D eigenvalue weighted by Gasteiger charge is -2.22. The predicted molar refractivity (Wildman–Crippen MR) is 32.3 cm³/mol. The van der Waals surface area contributed by atoms with Gasteiger partial charge in [-0.3, -0.25) is 0 Å². The highest BCUT2D eigenvalue weighted by atomic mass is 19.3. The summed E-state index contributed by atoms with van der Waals surface area (Å²) in [5.41, 5.74) is 1.64. The summed E-state index contributed by atoms with van der Waals surface area (Å²) in [5, 5.41) is 1.01. The van der Waals surface area contributed by atoms with Gasteiger partial charge < -0.3 is 0 Å². The van der Waals surface area contributed by atoms with Crippen molar-refractivity contribution in [3.63, 3.8) is 0 Å². The summed E-state index contributed by atoms with van der Waals surface area (Å²) in [6.07, 6.45) is -2.19. The normalized spacial score (nSPS) is 15.9. The molecule has 0 saturated heterocycles. The van der Waals surface area contributed by atoms with E-state index in [0.29, 0.717) is 0 Å². The molecule has 2 nitrogen and oxygen atoms in total. The van der Waals surface area contributed by atoms with Crippen molar-refractivity contribution in [3.05, 3.63) is 0 Å². The minimum Gasteiger partial charge on any atom is -0.246 e. The second-order valence-corrected chi connectivity index (χ2v) is 2.25. The summed E-state index contributed by atoms with van der Waals surface area (Å²) in [6, 6.07) is -3.47. The monoisotopic (exact) mass is 156 g/mol. The van der Waals surface area contributed by atoms with Crippen LogP contribution >= 0.6 is 0 Å². The van der Waals surface area contributed by atoms with E-state index in [9.17, 15) is 13.2 Å². The van der Waals surface area contributed by atoms with Gasteiger partial charge in [0, 0.05) is 14.1 Å². The lowest BCUT2D eigenvalue weighted by Crippen LogP contribution is -2.50. The molecule has 0 amide bonds. The van der Waals surface area contributed by atoms with Crippen LogP contribution in [0, 0.1) is 0 Å². The zero-order valence-corrected chi connectivity index (χ0v) is 6.16. The number of hydrogen-bond acceptors (Lipinski definition) is 2. The number of rotatable bonds is 3. The van der Waals surface area contributed by atoms with Crippen LogP contribution < -0.4 is 5.43 Å². The van der Waals surface area contributed by atoms with Crippen molar-refractivity contribution in [1.29, 1.82) is 0 Å². The molecule has 1 unspecified atom stereocenters. The van der Waals surface area contributed by atoms with Gasteiger partial charge in [0.05, 0.1) is 0 Å². The molecule has 0 aromatic rings. The van der Waals surface area contributed by atoms with Gasteiger partial charge in [-0.2, -0.15) is 14.2 Å². The fourth-order valence-corrected chi connectivity index (χ4v) is 0.387. The van der Waals surface area contributed by atoms with Crippen LogP contribution in [0.25, 0.3) is 0 Å². The molecule has 0 aliphatic heterocycles. The smallest absolute Gasteiger partial charge is 0.246 e. The van der Waals surface area contributed by atoms with Crippen molar-refractivity contribution in [1.82, 2.24) is 10.4 Å². The molecule has 0 aliphatic carbocycles. The number of hydrogen-bond donors (Lipinski definition) is 1. The number of nitrogens with zero attached hydrogens (tertiary/aromatic N) is 1. The molecule has 0 bridgehead atoms. The summed E-state index contributed by atoms with van der Waals surface area (Å²) in [5.74, 6) is 0. The fraction of sp³-hybridized carbons (Fsp3) is 1.00. The van der Waals surface area contributed by atoms with Gasteiger partial charge in [0.2, 0.25) is 0 Å². The molecule has 0 aromatic carbocycles. The molecule has 0 aliphatic rings. The molecule has 0 radical (unpaired) electrons. The first-order valence-electron chi connectivity index (χ1n) is 2.83. The van der Waals surface area contributed by atoms with Crippen LogP contribution in [0.15, 0.2) is 0 Å². The third-order valence-corrected chi connectivity index (χ3v) is 0.872. The molecular weight excluding hydrogens is 145 g/mol. The Labute approximate surface area is 58.0 Å². The molecule has 0 aromatic heterocycles. The van der Waals surface area contributed by atoms with Crippen LogP contribution in [0.3, 0.4) is 0 Å². The molecule has 10 heavy (non-hydrogen) atoms. The second kappa shape index (κ2) is 3.21. The maximum atomic E-state index is 12.3. The van der Waals surface area contributed by atoms with Crippen molar-refractivity contribution in [2.45, 2.75) is 19.1 Å². The molecule has 0 rings (SSSR count). The molecule has 0 spiro atoms. The highest BCUT2D eigenvalue weighted by Crippen LogP contribution is 2.16. The Bertz CT molecular complexity index is 103. The Balaban J connectivity index is 3.87.